The first-order chi connectivity index (χ1) is 12.8. The monoisotopic (exact) mass is 356 g/mol. The molecule has 0 saturated heterocycles. The van der Waals surface area contributed by atoms with Gasteiger partial charge in [-0.2, -0.15) is 0 Å². The second-order valence-electron chi connectivity index (χ2n) is 8.09. The topological polar surface area (TPSA) is 9.23 Å². The summed E-state index contributed by atoms with van der Waals surface area (Å²) in [4.78, 5) is 0. The number of benzene rings is 1. The smallest absolute Gasteiger partial charge is 0.118 e. The molecule has 1 aromatic rings. The summed E-state index contributed by atoms with van der Waals surface area (Å²) in [6, 6.07) is 8.94. The Labute approximate surface area is 162 Å². The van der Waals surface area contributed by atoms with Gasteiger partial charge in [0.2, 0.25) is 0 Å². The predicted molar refractivity (Wildman–Crippen MR) is 114 cm³/mol. The molecule has 1 aromatic carbocycles. The van der Waals surface area contributed by atoms with E-state index in [1.165, 1.54) is 82.6 Å². The molecule has 0 bridgehead atoms. The molecule has 1 aliphatic rings. The molecule has 0 amide bonds. The van der Waals surface area contributed by atoms with E-state index in [-0.39, 0.29) is 0 Å². The van der Waals surface area contributed by atoms with Crippen molar-refractivity contribution in [2.75, 3.05) is 7.11 Å². The highest BCUT2D eigenvalue weighted by molar-refractivity contribution is 5.31. The molecule has 0 spiro atoms. The maximum Gasteiger partial charge on any atom is 0.118 e. The molecular formula is C25H40O. The normalized spacial score (nSPS) is 16.8. The minimum atomic E-state index is 0.673. The Bertz CT molecular complexity index is 513. The van der Waals surface area contributed by atoms with E-state index in [9.17, 15) is 0 Å². The summed E-state index contributed by atoms with van der Waals surface area (Å²) in [5.74, 6) is 2.46. The molecule has 0 heterocycles. The SMILES string of the molecule is CCCCCCC(CCC)C(CC1=CCCCC1)c1ccc(OC)cc1. The Hall–Kier alpha value is -1.24. The van der Waals surface area contributed by atoms with E-state index in [0.717, 1.165) is 11.7 Å². The molecule has 1 heteroatoms. The van der Waals surface area contributed by atoms with Crippen molar-refractivity contribution in [2.24, 2.45) is 5.92 Å². The summed E-state index contributed by atoms with van der Waals surface area (Å²) in [5.41, 5.74) is 3.23. The van der Waals surface area contributed by atoms with Gasteiger partial charge in [-0.05, 0) is 68.1 Å². The quantitative estimate of drug-likeness (QED) is 0.272. The van der Waals surface area contributed by atoms with Gasteiger partial charge in [0.1, 0.15) is 5.75 Å². The van der Waals surface area contributed by atoms with E-state index in [1.807, 2.05) is 0 Å². The van der Waals surface area contributed by atoms with E-state index in [1.54, 1.807) is 12.7 Å². The van der Waals surface area contributed by atoms with Crippen LogP contribution in [-0.2, 0) is 0 Å². The van der Waals surface area contributed by atoms with Gasteiger partial charge >= 0.3 is 0 Å². The zero-order valence-electron chi connectivity index (χ0n) is 17.4. The number of methoxy groups -OCH3 is 1. The molecule has 0 fully saturated rings. The van der Waals surface area contributed by atoms with Crippen LogP contribution in [-0.4, -0.2) is 7.11 Å². The predicted octanol–water partition coefficient (Wildman–Crippen LogP) is 8.06. The van der Waals surface area contributed by atoms with E-state index in [4.69, 9.17) is 4.74 Å². The molecule has 146 valence electrons. The van der Waals surface area contributed by atoms with Crippen LogP contribution in [0.4, 0.5) is 0 Å². The highest BCUT2D eigenvalue weighted by Gasteiger charge is 2.24. The Balaban J connectivity index is 2.15. The van der Waals surface area contributed by atoms with Gasteiger partial charge in [0.25, 0.3) is 0 Å². The minimum Gasteiger partial charge on any atom is -0.497 e. The molecule has 1 nitrogen and oxygen atoms in total. The second kappa shape index (κ2) is 12.2. The van der Waals surface area contributed by atoms with Gasteiger partial charge in [-0.3, -0.25) is 0 Å². The summed E-state index contributed by atoms with van der Waals surface area (Å²) in [7, 11) is 1.76. The maximum atomic E-state index is 5.39. The molecule has 26 heavy (non-hydrogen) atoms. The number of allylic oxidation sites excluding steroid dienone is 2. The van der Waals surface area contributed by atoms with Crippen LogP contribution in [0.3, 0.4) is 0 Å². The Kier molecular flexibility index (Phi) is 9.89. The Morgan fingerprint density at radius 3 is 2.35 bits per heavy atom. The van der Waals surface area contributed by atoms with Crippen molar-refractivity contribution in [3.8, 4) is 5.75 Å². The third-order valence-electron chi connectivity index (χ3n) is 6.07. The third kappa shape index (κ3) is 6.82. The Morgan fingerprint density at radius 1 is 0.923 bits per heavy atom. The van der Waals surface area contributed by atoms with Crippen LogP contribution in [0.2, 0.25) is 0 Å². The largest absolute Gasteiger partial charge is 0.497 e. The van der Waals surface area contributed by atoms with Gasteiger partial charge in [0.05, 0.1) is 7.11 Å². The van der Waals surface area contributed by atoms with Crippen LogP contribution in [0, 0.1) is 5.92 Å². The molecule has 2 rings (SSSR count). The number of unbranched alkanes of at least 4 members (excludes halogenated alkanes) is 3. The lowest BCUT2D eigenvalue weighted by Gasteiger charge is -2.30. The molecule has 1 aliphatic carbocycles. The summed E-state index contributed by atoms with van der Waals surface area (Å²) in [6.07, 6.45) is 18.7. The fourth-order valence-electron chi connectivity index (χ4n) is 4.53. The van der Waals surface area contributed by atoms with Gasteiger partial charge in [0.15, 0.2) is 0 Å². The van der Waals surface area contributed by atoms with Crippen molar-refractivity contribution in [1.82, 2.24) is 0 Å². The highest BCUT2D eigenvalue weighted by Crippen LogP contribution is 2.39. The van der Waals surface area contributed by atoms with Crippen molar-refractivity contribution in [3.63, 3.8) is 0 Å². The zero-order chi connectivity index (χ0) is 18.6. The van der Waals surface area contributed by atoms with Gasteiger partial charge in [0, 0.05) is 0 Å². The molecule has 0 aliphatic heterocycles. The van der Waals surface area contributed by atoms with E-state index in [0.29, 0.717) is 5.92 Å². The minimum absolute atomic E-state index is 0.673. The van der Waals surface area contributed by atoms with Gasteiger partial charge in [-0.15, -0.1) is 0 Å². The fourth-order valence-corrected chi connectivity index (χ4v) is 4.53. The van der Waals surface area contributed by atoms with E-state index < -0.39 is 0 Å². The van der Waals surface area contributed by atoms with Crippen molar-refractivity contribution in [1.29, 1.82) is 0 Å². The third-order valence-corrected chi connectivity index (χ3v) is 6.07. The average Bonchev–Trinajstić information content (AvgIpc) is 2.69. The average molecular weight is 357 g/mol. The van der Waals surface area contributed by atoms with Crippen LogP contribution in [0.5, 0.6) is 5.75 Å². The van der Waals surface area contributed by atoms with Crippen molar-refractivity contribution in [3.05, 3.63) is 41.5 Å². The summed E-state index contributed by atoms with van der Waals surface area (Å²) >= 11 is 0. The molecule has 0 saturated carbocycles. The lowest BCUT2D eigenvalue weighted by Crippen LogP contribution is -2.15. The number of hydrogen-bond donors (Lipinski definition) is 0. The van der Waals surface area contributed by atoms with Crippen LogP contribution in [0.15, 0.2) is 35.9 Å². The van der Waals surface area contributed by atoms with Gasteiger partial charge in [-0.25, -0.2) is 0 Å². The number of hydrogen-bond acceptors (Lipinski definition) is 1. The maximum absolute atomic E-state index is 5.39. The molecule has 0 N–H and O–H groups in total. The Morgan fingerprint density at radius 2 is 1.73 bits per heavy atom. The van der Waals surface area contributed by atoms with Crippen LogP contribution in [0.25, 0.3) is 0 Å². The number of ether oxygens (including phenoxy) is 1. The summed E-state index contributed by atoms with van der Waals surface area (Å²) < 4.78 is 5.39. The summed E-state index contributed by atoms with van der Waals surface area (Å²) in [5, 5.41) is 0. The molecule has 0 aromatic heterocycles. The first-order valence-electron chi connectivity index (χ1n) is 11.1. The fraction of sp³-hybridized carbons (Fsp3) is 0.680. The van der Waals surface area contributed by atoms with E-state index in [2.05, 4.69) is 44.2 Å². The lowest BCUT2D eigenvalue weighted by molar-refractivity contribution is 0.345. The highest BCUT2D eigenvalue weighted by atomic mass is 16.5. The van der Waals surface area contributed by atoms with Crippen LogP contribution >= 0.6 is 0 Å². The zero-order valence-corrected chi connectivity index (χ0v) is 17.4. The van der Waals surface area contributed by atoms with Crippen molar-refractivity contribution in [2.45, 2.75) is 96.8 Å². The number of rotatable bonds is 12. The van der Waals surface area contributed by atoms with Gasteiger partial charge in [-0.1, -0.05) is 76.2 Å². The summed E-state index contributed by atoms with van der Waals surface area (Å²) in [6.45, 7) is 4.66. The standard InChI is InChI=1S/C25H40O/c1-4-6-7-11-15-22(12-5-2)25(20-21-13-9-8-10-14-21)23-16-18-24(26-3)19-17-23/h13,16-19,22,25H,4-12,14-15,20H2,1-3H3. The van der Waals surface area contributed by atoms with Crippen molar-refractivity contribution < 1.29 is 4.74 Å². The molecule has 2 unspecified atom stereocenters. The molecule has 0 radical (unpaired) electrons. The molecular weight excluding hydrogens is 316 g/mol. The van der Waals surface area contributed by atoms with Gasteiger partial charge < -0.3 is 4.74 Å². The lowest BCUT2D eigenvalue weighted by atomic mass is 9.75. The van der Waals surface area contributed by atoms with Crippen LogP contribution < -0.4 is 4.74 Å². The first-order valence-corrected chi connectivity index (χ1v) is 11.1. The first kappa shape index (κ1) is 21.1. The molecule has 2 atom stereocenters. The van der Waals surface area contributed by atoms with E-state index >= 15 is 0 Å². The van der Waals surface area contributed by atoms with Crippen molar-refractivity contribution >= 4 is 0 Å². The second-order valence-corrected chi connectivity index (χ2v) is 8.09. The van der Waals surface area contributed by atoms with Crippen LogP contribution in [0.1, 0.15) is 102 Å².